The van der Waals surface area contributed by atoms with Crippen LogP contribution in [-0.2, 0) is 14.3 Å². The van der Waals surface area contributed by atoms with E-state index >= 15 is 0 Å². The lowest BCUT2D eigenvalue weighted by atomic mass is 10.2. The van der Waals surface area contributed by atoms with Crippen LogP contribution in [0.4, 0.5) is 0 Å². The van der Waals surface area contributed by atoms with Crippen LogP contribution in [0.25, 0.3) is 0 Å². The number of hydrogen-bond donors (Lipinski definition) is 1. The molecule has 0 aliphatic carbocycles. The number of aliphatic hydroxyl groups excluding tert-OH is 1. The number of aliphatic hydroxyl groups is 1. The van der Waals surface area contributed by atoms with Gasteiger partial charge in [0.2, 0.25) is 5.91 Å². The number of likely N-dealkylation sites (N-methyl/N-ethyl adjacent to an activating group) is 1. The number of carbonyl (C=O) groups excluding carboxylic acids is 2. The normalized spacial score (nSPS) is 14.2. The van der Waals surface area contributed by atoms with Crippen molar-refractivity contribution in [2.75, 3.05) is 13.7 Å². The molecule has 0 heterocycles. The first-order chi connectivity index (χ1) is 6.90. The van der Waals surface area contributed by atoms with Crippen LogP contribution in [0.2, 0.25) is 0 Å². The van der Waals surface area contributed by atoms with E-state index in [1.807, 2.05) is 0 Å². The summed E-state index contributed by atoms with van der Waals surface area (Å²) in [5.74, 6) is -0.704. The first kappa shape index (κ1) is 13.9. The largest absolute Gasteiger partial charge is 0.464 e. The predicted octanol–water partition coefficient (Wildman–Crippen LogP) is 0.167. The summed E-state index contributed by atoms with van der Waals surface area (Å²) in [6.45, 7) is 5.13. The molecule has 1 N–H and O–H groups in total. The van der Waals surface area contributed by atoms with Crippen LogP contribution in [0, 0.1) is 0 Å². The third-order valence-corrected chi connectivity index (χ3v) is 2.07. The van der Waals surface area contributed by atoms with Gasteiger partial charge in [-0.3, -0.25) is 4.79 Å². The summed E-state index contributed by atoms with van der Waals surface area (Å²) in [5.41, 5.74) is 0. The maximum Gasteiger partial charge on any atom is 0.328 e. The molecule has 2 atom stereocenters. The Labute approximate surface area is 90.0 Å². The summed E-state index contributed by atoms with van der Waals surface area (Å²) in [6.07, 6.45) is -0.686. The average molecular weight is 217 g/mol. The molecule has 15 heavy (non-hydrogen) atoms. The molecule has 0 saturated carbocycles. The van der Waals surface area contributed by atoms with Crippen LogP contribution >= 0.6 is 0 Å². The third-order valence-electron chi connectivity index (χ3n) is 2.07. The van der Waals surface area contributed by atoms with E-state index < -0.39 is 18.1 Å². The zero-order chi connectivity index (χ0) is 12.0. The maximum atomic E-state index is 11.5. The van der Waals surface area contributed by atoms with Crippen LogP contribution in [0.1, 0.15) is 27.2 Å². The molecule has 0 radical (unpaired) electrons. The van der Waals surface area contributed by atoms with Gasteiger partial charge < -0.3 is 14.7 Å². The second kappa shape index (κ2) is 6.40. The van der Waals surface area contributed by atoms with Gasteiger partial charge in [0.25, 0.3) is 0 Å². The summed E-state index contributed by atoms with van der Waals surface area (Å²) < 4.78 is 4.78. The molecule has 5 heteroatoms. The second-order valence-corrected chi connectivity index (χ2v) is 3.49. The van der Waals surface area contributed by atoms with Crippen molar-refractivity contribution in [3.8, 4) is 0 Å². The predicted molar refractivity (Wildman–Crippen MR) is 55.2 cm³/mol. The zero-order valence-corrected chi connectivity index (χ0v) is 9.69. The van der Waals surface area contributed by atoms with Gasteiger partial charge in [-0.1, -0.05) is 0 Å². The Morgan fingerprint density at radius 2 is 1.93 bits per heavy atom. The Bertz CT molecular complexity index is 227. The van der Waals surface area contributed by atoms with Crippen molar-refractivity contribution in [1.82, 2.24) is 4.90 Å². The Hall–Kier alpha value is -1.10. The van der Waals surface area contributed by atoms with Crippen molar-refractivity contribution in [3.05, 3.63) is 0 Å². The van der Waals surface area contributed by atoms with Crippen LogP contribution in [0.3, 0.4) is 0 Å². The fourth-order valence-electron chi connectivity index (χ4n) is 1.03. The van der Waals surface area contributed by atoms with Crippen LogP contribution in [0.15, 0.2) is 0 Å². The molecule has 0 fully saturated rings. The standard InChI is InChI=1S/C10H19NO4/c1-5-15-10(14)8(3)11(4)9(13)6-7(2)12/h7-8,12H,5-6H2,1-4H3/t7-,8+/m1/s1. The van der Waals surface area contributed by atoms with E-state index in [9.17, 15) is 9.59 Å². The van der Waals surface area contributed by atoms with Gasteiger partial charge in [0, 0.05) is 7.05 Å². The van der Waals surface area contributed by atoms with Crippen molar-refractivity contribution in [2.24, 2.45) is 0 Å². The van der Waals surface area contributed by atoms with Gasteiger partial charge in [-0.2, -0.15) is 0 Å². The number of carbonyl (C=O) groups is 2. The number of hydrogen-bond acceptors (Lipinski definition) is 4. The molecule has 0 saturated heterocycles. The van der Waals surface area contributed by atoms with Gasteiger partial charge in [0.1, 0.15) is 6.04 Å². The highest BCUT2D eigenvalue weighted by molar-refractivity contribution is 5.84. The minimum atomic E-state index is -0.700. The van der Waals surface area contributed by atoms with Crippen LogP contribution in [-0.4, -0.2) is 47.7 Å². The molecule has 0 aromatic carbocycles. The highest BCUT2D eigenvalue weighted by atomic mass is 16.5. The molecule has 1 amide bonds. The first-order valence-corrected chi connectivity index (χ1v) is 5.00. The number of esters is 1. The zero-order valence-electron chi connectivity index (χ0n) is 9.69. The lowest BCUT2D eigenvalue weighted by molar-refractivity contribution is -0.153. The third kappa shape index (κ3) is 4.78. The molecule has 0 aromatic rings. The van der Waals surface area contributed by atoms with E-state index in [1.54, 1.807) is 13.8 Å². The smallest absolute Gasteiger partial charge is 0.328 e. The minimum absolute atomic E-state index is 0.0141. The minimum Gasteiger partial charge on any atom is -0.464 e. The van der Waals surface area contributed by atoms with Gasteiger partial charge in [-0.05, 0) is 20.8 Å². The Morgan fingerprint density at radius 1 is 1.40 bits per heavy atom. The number of nitrogens with zero attached hydrogens (tertiary/aromatic N) is 1. The van der Waals surface area contributed by atoms with E-state index in [-0.39, 0.29) is 12.3 Å². The van der Waals surface area contributed by atoms with Crippen molar-refractivity contribution in [1.29, 1.82) is 0 Å². The van der Waals surface area contributed by atoms with E-state index in [4.69, 9.17) is 9.84 Å². The van der Waals surface area contributed by atoms with Gasteiger partial charge in [0.15, 0.2) is 0 Å². The lowest BCUT2D eigenvalue weighted by Gasteiger charge is -2.23. The highest BCUT2D eigenvalue weighted by Crippen LogP contribution is 2.03. The summed E-state index contributed by atoms with van der Waals surface area (Å²) in [7, 11) is 1.52. The Balaban J connectivity index is 4.24. The van der Waals surface area contributed by atoms with Crippen molar-refractivity contribution in [2.45, 2.75) is 39.3 Å². The molecular formula is C10H19NO4. The topological polar surface area (TPSA) is 66.8 Å². The first-order valence-electron chi connectivity index (χ1n) is 5.00. The van der Waals surface area contributed by atoms with E-state index in [0.29, 0.717) is 6.61 Å². The van der Waals surface area contributed by atoms with Gasteiger partial charge in [-0.25, -0.2) is 4.79 Å². The maximum absolute atomic E-state index is 11.5. The van der Waals surface area contributed by atoms with Crippen molar-refractivity contribution >= 4 is 11.9 Å². The summed E-state index contributed by atoms with van der Waals surface area (Å²) in [4.78, 5) is 24.0. The van der Waals surface area contributed by atoms with E-state index in [2.05, 4.69) is 0 Å². The average Bonchev–Trinajstić information content (AvgIpc) is 2.14. The van der Waals surface area contributed by atoms with Crippen LogP contribution < -0.4 is 0 Å². The van der Waals surface area contributed by atoms with Crippen molar-refractivity contribution < 1.29 is 19.4 Å². The second-order valence-electron chi connectivity index (χ2n) is 3.49. The van der Waals surface area contributed by atoms with Gasteiger partial charge >= 0.3 is 5.97 Å². The van der Waals surface area contributed by atoms with E-state index in [1.165, 1.54) is 18.9 Å². The van der Waals surface area contributed by atoms with Gasteiger partial charge in [-0.15, -0.1) is 0 Å². The molecular weight excluding hydrogens is 198 g/mol. The SMILES string of the molecule is CCOC(=O)[C@H](C)N(C)C(=O)C[C@@H](C)O. The Morgan fingerprint density at radius 3 is 2.33 bits per heavy atom. The molecule has 88 valence electrons. The molecule has 0 bridgehead atoms. The molecule has 0 spiro atoms. The summed E-state index contributed by atoms with van der Waals surface area (Å²) >= 11 is 0. The monoisotopic (exact) mass is 217 g/mol. The number of rotatable bonds is 5. The highest BCUT2D eigenvalue weighted by Gasteiger charge is 2.23. The molecule has 0 aliphatic heterocycles. The van der Waals surface area contributed by atoms with Crippen LogP contribution in [0.5, 0.6) is 0 Å². The van der Waals surface area contributed by atoms with Crippen molar-refractivity contribution in [3.63, 3.8) is 0 Å². The molecule has 0 aromatic heterocycles. The molecule has 0 rings (SSSR count). The summed E-state index contributed by atoms with van der Waals surface area (Å²) in [5, 5.41) is 9.03. The lowest BCUT2D eigenvalue weighted by Crippen LogP contribution is -2.42. The molecule has 0 unspecified atom stereocenters. The summed E-state index contributed by atoms with van der Waals surface area (Å²) in [6, 6.07) is -0.615. The fourth-order valence-corrected chi connectivity index (χ4v) is 1.03. The number of amides is 1. The number of ether oxygens (including phenoxy) is 1. The quantitative estimate of drug-likeness (QED) is 0.666. The Kier molecular flexibility index (Phi) is 5.93. The molecule has 5 nitrogen and oxygen atoms in total. The fraction of sp³-hybridized carbons (Fsp3) is 0.800. The van der Waals surface area contributed by atoms with E-state index in [0.717, 1.165) is 0 Å². The molecule has 0 aliphatic rings. The van der Waals surface area contributed by atoms with Gasteiger partial charge in [0.05, 0.1) is 19.1 Å².